The van der Waals surface area contributed by atoms with Crippen LogP contribution in [0.15, 0.2) is 84.4 Å². The average Bonchev–Trinajstić information content (AvgIpc) is 3.34. The lowest BCUT2D eigenvalue weighted by Gasteiger charge is -2.30. The third-order valence-electron chi connectivity index (χ3n) is 6.00. The van der Waals surface area contributed by atoms with Gasteiger partial charge in [-0.3, -0.25) is 0 Å². The third-order valence-corrected chi connectivity index (χ3v) is 6.49. The van der Waals surface area contributed by atoms with Crippen molar-refractivity contribution in [3.8, 4) is 11.3 Å². The number of hydrazone groups is 1. The number of fused-ring (bicyclic) bond motifs is 1. The number of anilines is 1. The van der Waals surface area contributed by atoms with E-state index in [4.69, 9.17) is 28.3 Å². The number of carboxylic acids is 1. The monoisotopic (exact) mass is 546 g/mol. The summed E-state index contributed by atoms with van der Waals surface area (Å²) in [6, 6.07) is 19.4. The summed E-state index contributed by atoms with van der Waals surface area (Å²) in [7, 11) is 1.81. The van der Waals surface area contributed by atoms with Gasteiger partial charge in [-0.2, -0.15) is 5.10 Å². The maximum atomic E-state index is 12.3. The molecule has 0 spiro atoms. The normalized spacial score (nSPS) is 13.1. The number of nitrogens with one attached hydrogen (secondary N) is 1. The first-order valence-corrected chi connectivity index (χ1v) is 12.1. The zero-order valence-corrected chi connectivity index (χ0v) is 21.4. The molecule has 3 N–H and O–H groups in total. The Morgan fingerprint density at radius 3 is 2.47 bits per heavy atom. The molecule has 2 heterocycles. The molecule has 1 atom stereocenters. The second kappa shape index (κ2) is 10.2. The fourth-order valence-electron chi connectivity index (χ4n) is 4.26. The molecule has 0 radical (unpaired) electrons. The van der Waals surface area contributed by atoms with Gasteiger partial charge in [0.2, 0.25) is 5.95 Å². The van der Waals surface area contributed by atoms with E-state index in [1.54, 1.807) is 78.7 Å². The van der Waals surface area contributed by atoms with Crippen LogP contribution in [0.2, 0.25) is 10.0 Å². The van der Waals surface area contributed by atoms with Crippen LogP contribution in [0.4, 0.5) is 5.95 Å². The van der Waals surface area contributed by atoms with Crippen molar-refractivity contribution in [1.82, 2.24) is 19.5 Å². The number of hydrogen-bond donors (Lipinski definition) is 3. The predicted octanol–water partition coefficient (Wildman–Crippen LogP) is 5.10. The van der Waals surface area contributed by atoms with Gasteiger partial charge >= 0.3 is 5.97 Å². The van der Waals surface area contributed by atoms with Crippen LogP contribution in [0.3, 0.4) is 0 Å². The van der Waals surface area contributed by atoms with E-state index >= 15 is 0 Å². The summed E-state index contributed by atoms with van der Waals surface area (Å²) >= 11 is 12.4. The van der Waals surface area contributed by atoms with Gasteiger partial charge in [-0.1, -0.05) is 53.5 Å². The lowest BCUT2D eigenvalue weighted by atomic mass is 9.83. The van der Waals surface area contributed by atoms with Gasteiger partial charge in [0.15, 0.2) is 5.60 Å². The molecule has 5 rings (SSSR count). The lowest BCUT2D eigenvalue weighted by molar-refractivity contribution is -0.128. The number of aliphatic carboxylic acids is 1. The van der Waals surface area contributed by atoms with E-state index in [1.165, 1.54) is 0 Å². The van der Waals surface area contributed by atoms with Gasteiger partial charge in [-0.05, 0) is 47.5 Å². The molecule has 2 aromatic heterocycles. The number of carbonyl (C=O) groups is 1. The Morgan fingerprint density at radius 1 is 1.03 bits per heavy atom. The minimum atomic E-state index is -1.58. The average molecular weight is 547 g/mol. The topological polar surface area (TPSA) is 126 Å². The maximum Gasteiger partial charge on any atom is 0.348 e. The first-order valence-electron chi connectivity index (χ1n) is 11.3. The molecule has 1 unspecified atom stereocenters. The molecule has 0 amide bonds. The molecular formula is C27H20Cl2N6O3. The number of benzene rings is 3. The Kier molecular flexibility index (Phi) is 6.81. The smallest absolute Gasteiger partial charge is 0.348 e. The number of imidazole rings is 1. The molecule has 190 valence electrons. The molecule has 3 aromatic carbocycles. The Balaban J connectivity index is 1.75. The van der Waals surface area contributed by atoms with Gasteiger partial charge in [0.25, 0.3) is 0 Å². The molecule has 0 saturated carbocycles. The van der Waals surface area contributed by atoms with Crippen LogP contribution < -0.4 is 5.43 Å². The summed E-state index contributed by atoms with van der Waals surface area (Å²) in [5, 5.41) is 26.5. The number of aryl methyl sites for hydroxylation is 1. The quantitative estimate of drug-likeness (QED) is 0.191. The summed E-state index contributed by atoms with van der Waals surface area (Å²) in [6.07, 6.45) is 3.93. The summed E-state index contributed by atoms with van der Waals surface area (Å²) in [5.74, 6) is -1.12. The van der Waals surface area contributed by atoms with Gasteiger partial charge in [-0.25, -0.2) is 25.2 Å². The molecule has 0 aliphatic heterocycles. The van der Waals surface area contributed by atoms with Gasteiger partial charge < -0.3 is 14.8 Å². The summed E-state index contributed by atoms with van der Waals surface area (Å²) in [5.41, 5.74) is 4.41. The molecule has 0 aliphatic rings. The van der Waals surface area contributed by atoms with Crippen molar-refractivity contribution in [2.45, 2.75) is 5.60 Å². The van der Waals surface area contributed by atoms with Crippen LogP contribution in [0, 0.1) is 0 Å². The van der Waals surface area contributed by atoms with Gasteiger partial charge in [0.05, 0.1) is 29.4 Å². The van der Waals surface area contributed by atoms with E-state index in [9.17, 15) is 9.90 Å². The van der Waals surface area contributed by atoms with E-state index in [1.807, 2.05) is 12.1 Å². The zero-order chi connectivity index (χ0) is 26.9. The summed E-state index contributed by atoms with van der Waals surface area (Å²) in [6.45, 7) is 0. The second-order valence-corrected chi connectivity index (χ2v) is 9.33. The first kappa shape index (κ1) is 25.3. The molecule has 9 nitrogen and oxygen atoms in total. The Bertz CT molecular complexity index is 1690. The van der Waals surface area contributed by atoms with Crippen molar-refractivity contribution < 1.29 is 15.0 Å². The van der Waals surface area contributed by atoms with E-state index in [-0.39, 0.29) is 5.95 Å². The van der Waals surface area contributed by atoms with E-state index in [0.29, 0.717) is 55.2 Å². The highest BCUT2D eigenvalue weighted by atomic mass is 35.5. The van der Waals surface area contributed by atoms with Crippen molar-refractivity contribution in [3.05, 3.63) is 106 Å². The van der Waals surface area contributed by atoms with Crippen LogP contribution in [-0.2, 0) is 17.4 Å². The van der Waals surface area contributed by atoms with Crippen molar-refractivity contribution in [3.63, 3.8) is 0 Å². The highest BCUT2D eigenvalue weighted by Crippen LogP contribution is 2.39. The molecule has 0 aliphatic carbocycles. The van der Waals surface area contributed by atoms with Crippen LogP contribution in [-0.4, -0.2) is 41.9 Å². The Hall–Kier alpha value is -4.31. The largest absolute Gasteiger partial charge is 0.477 e. The van der Waals surface area contributed by atoms with E-state index in [2.05, 4.69) is 25.5 Å². The van der Waals surface area contributed by atoms with Crippen LogP contribution in [0.5, 0.6) is 0 Å². The predicted molar refractivity (Wildman–Crippen MR) is 146 cm³/mol. The van der Waals surface area contributed by atoms with Crippen molar-refractivity contribution in [2.24, 2.45) is 12.1 Å². The summed E-state index contributed by atoms with van der Waals surface area (Å²) < 4.78 is 1.75. The fraction of sp³-hybridized carbons (Fsp3) is 0.0741. The first-order chi connectivity index (χ1) is 18.3. The third kappa shape index (κ3) is 4.82. The highest BCUT2D eigenvalue weighted by Gasteiger charge is 2.37. The molecule has 0 bridgehead atoms. The molecule has 11 heteroatoms. The number of nitrogens with zero attached hydrogens (tertiary/aromatic N) is 5. The molecular weight excluding hydrogens is 527 g/mol. The Morgan fingerprint density at radius 2 is 1.79 bits per heavy atom. The van der Waals surface area contributed by atoms with Crippen LogP contribution >= 0.6 is 23.2 Å². The molecule has 0 fully saturated rings. The van der Waals surface area contributed by atoms with E-state index < -0.39 is 11.6 Å². The number of hydrogen-bond acceptors (Lipinski definition) is 7. The fourth-order valence-corrected chi connectivity index (χ4v) is 4.58. The number of aliphatic hydroxyl groups is 1. The second-order valence-electron chi connectivity index (χ2n) is 8.45. The highest BCUT2D eigenvalue weighted by molar-refractivity contribution is 6.31. The number of rotatable bonds is 7. The minimum absolute atomic E-state index is 0.0947. The van der Waals surface area contributed by atoms with Crippen LogP contribution in [0.25, 0.3) is 22.2 Å². The van der Waals surface area contributed by atoms with Crippen molar-refractivity contribution >= 4 is 52.2 Å². The SMILES string of the molecule is Cn1cncc1C(O)(c1ccc(Cl)cc1)c1ccc2nc(NN=CC(=O)O)nc(-c3cccc(Cl)c3)c2c1. The molecule has 0 saturated heterocycles. The lowest BCUT2D eigenvalue weighted by Crippen LogP contribution is -2.31. The number of halogens is 2. The standard InChI is InChI=1S/C27H20Cl2N6O3/c1-35-15-30-13-23(35)27(38,17-5-8-19(28)9-6-17)18-7-10-22-21(12-18)25(16-3-2-4-20(29)11-16)33-26(32-22)34-31-14-24(36)37/h2-15,38H,1H3,(H,36,37)(H,32,33,34). The zero-order valence-electron chi connectivity index (χ0n) is 19.9. The minimum Gasteiger partial charge on any atom is -0.477 e. The van der Waals surface area contributed by atoms with Crippen molar-refractivity contribution in [1.29, 1.82) is 0 Å². The summed E-state index contributed by atoms with van der Waals surface area (Å²) in [4.78, 5) is 24.1. The van der Waals surface area contributed by atoms with E-state index in [0.717, 1.165) is 0 Å². The molecule has 5 aromatic rings. The van der Waals surface area contributed by atoms with Gasteiger partial charge in [-0.15, -0.1) is 0 Å². The van der Waals surface area contributed by atoms with Crippen molar-refractivity contribution in [2.75, 3.05) is 5.43 Å². The molecule has 38 heavy (non-hydrogen) atoms. The van der Waals surface area contributed by atoms with Gasteiger partial charge in [0.1, 0.15) is 6.21 Å². The number of aromatic nitrogens is 4. The Labute approximate surface area is 227 Å². The van der Waals surface area contributed by atoms with Gasteiger partial charge in [0, 0.05) is 28.0 Å². The number of carboxylic acid groups (broad SMARTS) is 1. The maximum absolute atomic E-state index is 12.3. The van der Waals surface area contributed by atoms with Crippen LogP contribution in [0.1, 0.15) is 16.8 Å².